The summed E-state index contributed by atoms with van der Waals surface area (Å²) < 4.78 is 0. The largest absolute Gasteiger partial charge is 0.480 e. The van der Waals surface area contributed by atoms with Crippen molar-refractivity contribution in [2.75, 3.05) is 0 Å². The van der Waals surface area contributed by atoms with Gasteiger partial charge in [0.1, 0.15) is 11.6 Å². The lowest BCUT2D eigenvalue weighted by Crippen LogP contribution is -2.08. The Kier molecular flexibility index (Phi) is 3.21. The fraction of sp³-hybridized carbons (Fsp3) is 0.100. The number of thioether (sulfide) groups is 1. The number of H-pyrrole nitrogens is 1. The van der Waals surface area contributed by atoms with Crippen LogP contribution in [0.3, 0.4) is 0 Å². The molecule has 5 nitrogen and oxygen atoms in total. The monoisotopic (exact) mass is 235 g/mol. The van der Waals surface area contributed by atoms with E-state index in [0.717, 1.165) is 17.3 Å². The van der Waals surface area contributed by atoms with E-state index in [1.807, 2.05) is 18.2 Å². The Labute approximate surface area is 95.9 Å². The van der Waals surface area contributed by atoms with Crippen molar-refractivity contribution >= 4 is 17.7 Å². The molecular weight excluding hydrogens is 226 g/mol. The molecule has 0 unspecified atom stereocenters. The van der Waals surface area contributed by atoms with Crippen molar-refractivity contribution in [2.24, 2.45) is 0 Å². The van der Waals surface area contributed by atoms with Gasteiger partial charge in [0.15, 0.2) is 5.16 Å². The molecule has 1 aromatic heterocycles. The second-order valence-electron chi connectivity index (χ2n) is 3.04. The van der Waals surface area contributed by atoms with Gasteiger partial charge in [0.25, 0.3) is 0 Å². The number of carbonyl (C=O) groups is 1. The fourth-order valence-corrected chi connectivity index (χ4v) is 2.08. The van der Waals surface area contributed by atoms with Crippen LogP contribution in [-0.4, -0.2) is 26.3 Å². The van der Waals surface area contributed by atoms with Gasteiger partial charge in [0.2, 0.25) is 0 Å². The molecule has 6 heteroatoms. The van der Waals surface area contributed by atoms with Crippen LogP contribution in [0.25, 0.3) is 0 Å². The molecule has 0 saturated carbocycles. The summed E-state index contributed by atoms with van der Waals surface area (Å²) in [6.07, 6.45) is 1.35. The van der Waals surface area contributed by atoms with Crippen LogP contribution in [-0.2, 0) is 4.79 Å². The molecule has 2 aromatic rings. The van der Waals surface area contributed by atoms with E-state index in [0.29, 0.717) is 5.16 Å². The first-order chi connectivity index (χ1) is 7.77. The topological polar surface area (TPSA) is 78.9 Å². The molecule has 0 saturated heterocycles. The highest BCUT2D eigenvalue weighted by Crippen LogP contribution is 2.32. The van der Waals surface area contributed by atoms with E-state index >= 15 is 0 Å². The zero-order valence-electron chi connectivity index (χ0n) is 8.20. The van der Waals surface area contributed by atoms with Crippen LogP contribution in [0.4, 0.5) is 0 Å². The maximum absolute atomic E-state index is 11.1. The molecule has 0 spiro atoms. The molecule has 1 atom stereocenters. The average Bonchev–Trinajstić information content (AvgIpc) is 2.79. The molecule has 2 N–H and O–H groups in total. The number of carboxylic acid groups (broad SMARTS) is 1. The third-order valence-electron chi connectivity index (χ3n) is 1.95. The molecule has 0 bridgehead atoms. The first kappa shape index (κ1) is 10.7. The number of aromatic nitrogens is 3. The van der Waals surface area contributed by atoms with Gasteiger partial charge in [-0.25, -0.2) is 4.98 Å². The molecule has 1 heterocycles. The van der Waals surface area contributed by atoms with Gasteiger partial charge in [-0.2, -0.15) is 5.10 Å². The zero-order valence-corrected chi connectivity index (χ0v) is 9.02. The predicted molar refractivity (Wildman–Crippen MR) is 59.1 cm³/mol. The number of carboxylic acids is 1. The zero-order chi connectivity index (χ0) is 11.4. The molecule has 16 heavy (non-hydrogen) atoms. The van der Waals surface area contributed by atoms with E-state index < -0.39 is 11.2 Å². The highest BCUT2D eigenvalue weighted by molar-refractivity contribution is 8.00. The molecule has 1 aromatic carbocycles. The van der Waals surface area contributed by atoms with Gasteiger partial charge in [0, 0.05) is 0 Å². The number of hydrogen-bond donors (Lipinski definition) is 2. The number of nitrogens with zero attached hydrogens (tertiary/aromatic N) is 2. The Morgan fingerprint density at radius 2 is 2.12 bits per heavy atom. The Bertz CT molecular complexity index is 458. The molecule has 0 fully saturated rings. The molecule has 0 radical (unpaired) electrons. The first-order valence-electron chi connectivity index (χ1n) is 4.57. The minimum Gasteiger partial charge on any atom is -0.480 e. The summed E-state index contributed by atoms with van der Waals surface area (Å²) >= 11 is 1.13. The van der Waals surface area contributed by atoms with E-state index in [1.54, 1.807) is 12.1 Å². The molecule has 0 aliphatic heterocycles. The number of nitrogens with one attached hydrogen (secondary N) is 1. The van der Waals surface area contributed by atoms with Crippen molar-refractivity contribution < 1.29 is 9.90 Å². The van der Waals surface area contributed by atoms with Crippen LogP contribution in [0.1, 0.15) is 10.8 Å². The van der Waals surface area contributed by atoms with E-state index in [4.69, 9.17) is 5.11 Å². The van der Waals surface area contributed by atoms with Crippen LogP contribution in [0.5, 0.6) is 0 Å². The Hall–Kier alpha value is -1.82. The normalized spacial score (nSPS) is 12.2. The number of aromatic amines is 1. The summed E-state index contributed by atoms with van der Waals surface area (Å²) in [7, 11) is 0. The van der Waals surface area contributed by atoms with Gasteiger partial charge in [-0.1, -0.05) is 42.1 Å². The highest BCUT2D eigenvalue weighted by Gasteiger charge is 2.22. The van der Waals surface area contributed by atoms with Crippen molar-refractivity contribution in [1.82, 2.24) is 15.2 Å². The molecule has 0 aliphatic rings. The van der Waals surface area contributed by atoms with Crippen molar-refractivity contribution in [3.63, 3.8) is 0 Å². The van der Waals surface area contributed by atoms with E-state index in [9.17, 15) is 4.79 Å². The number of rotatable bonds is 4. The second-order valence-corrected chi connectivity index (χ2v) is 4.13. The van der Waals surface area contributed by atoms with Crippen molar-refractivity contribution in [3.8, 4) is 0 Å². The molecule has 82 valence electrons. The minimum atomic E-state index is -0.896. The third-order valence-corrected chi connectivity index (χ3v) is 3.08. The molecule has 2 rings (SSSR count). The smallest absolute Gasteiger partial charge is 0.321 e. The summed E-state index contributed by atoms with van der Waals surface area (Å²) in [6, 6.07) is 9.03. The van der Waals surface area contributed by atoms with Gasteiger partial charge >= 0.3 is 5.97 Å². The van der Waals surface area contributed by atoms with Gasteiger partial charge in [-0.15, -0.1) is 0 Å². The lowest BCUT2D eigenvalue weighted by Gasteiger charge is -2.09. The van der Waals surface area contributed by atoms with Crippen LogP contribution in [0, 0.1) is 0 Å². The Balaban J connectivity index is 2.22. The molecule has 0 amide bonds. The second kappa shape index (κ2) is 4.80. The standard InChI is InChI=1S/C10H9N3O2S/c14-9(15)8(7-4-2-1-3-5-7)16-10-11-6-12-13-10/h1-6,8H,(H,14,15)(H,11,12,13)/t8-/m1/s1. The number of benzene rings is 1. The maximum Gasteiger partial charge on any atom is 0.321 e. The van der Waals surface area contributed by atoms with Crippen molar-refractivity contribution in [3.05, 3.63) is 42.2 Å². The van der Waals surface area contributed by atoms with Gasteiger partial charge in [-0.05, 0) is 5.56 Å². The predicted octanol–water partition coefficient (Wildman–Crippen LogP) is 1.72. The first-order valence-corrected chi connectivity index (χ1v) is 5.45. The Morgan fingerprint density at radius 1 is 1.38 bits per heavy atom. The van der Waals surface area contributed by atoms with E-state index in [-0.39, 0.29) is 0 Å². The average molecular weight is 235 g/mol. The van der Waals surface area contributed by atoms with Gasteiger partial charge < -0.3 is 5.11 Å². The van der Waals surface area contributed by atoms with Gasteiger partial charge in [-0.3, -0.25) is 9.89 Å². The van der Waals surface area contributed by atoms with Crippen LogP contribution in [0.15, 0.2) is 41.8 Å². The summed E-state index contributed by atoms with van der Waals surface area (Å²) in [5.41, 5.74) is 0.733. The Morgan fingerprint density at radius 3 is 2.69 bits per heavy atom. The van der Waals surface area contributed by atoms with Crippen LogP contribution in [0.2, 0.25) is 0 Å². The summed E-state index contributed by atoms with van der Waals surface area (Å²) in [5.74, 6) is -0.896. The quantitative estimate of drug-likeness (QED) is 0.789. The number of aliphatic carboxylic acids is 1. The summed E-state index contributed by atoms with van der Waals surface area (Å²) in [6.45, 7) is 0. The lowest BCUT2D eigenvalue weighted by molar-refractivity contribution is -0.136. The maximum atomic E-state index is 11.1. The van der Waals surface area contributed by atoms with E-state index in [2.05, 4.69) is 15.2 Å². The van der Waals surface area contributed by atoms with Crippen LogP contribution >= 0.6 is 11.8 Å². The highest BCUT2D eigenvalue weighted by atomic mass is 32.2. The molecule has 0 aliphatic carbocycles. The SMILES string of the molecule is O=C(O)[C@H](Sc1ncn[nH]1)c1ccccc1. The minimum absolute atomic E-state index is 0.497. The van der Waals surface area contributed by atoms with Crippen molar-refractivity contribution in [1.29, 1.82) is 0 Å². The number of hydrogen-bond acceptors (Lipinski definition) is 4. The fourth-order valence-electron chi connectivity index (χ4n) is 1.25. The third kappa shape index (κ3) is 2.40. The summed E-state index contributed by atoms with van der Waals surface area (Å²) in [4.78, 5) is 15.0. The van der Waals surface area contributed by atoms with Crippen LogP contribution < -0.4 is 0 Å². The van der Waals surface area contributed by atoms with Gasteiger partial charge in [0.05, 0.1) is 0 Å². The van der Waals surface area contributed by atoms with E-state index in [1.165, 1.54) is 6.33 Å². The summed E-state index contributed by atoms with van der Waals surface area (Å²) in [5, 5.41) is 15.3. The molecular formula is C10H9N3O2S. The van der Waals surface area contributed by atoms with Crippen molar-refractivity contribution in [2.45, 2.75) is 10.4 Å². The lowest BCUT2D eigenvalue weighted by atomic mass is 10.1.